The molecule has 4 N–H and O–H groups in total. The van der Waals surface area contributed by atoms with Crippen molar-refractivity contribution in [2.75, 3.05) is 24.0 Å². The Hall–Kier alpha value is 0.220. The molecule has 1 aliphatic rings. The third-order valence-electron chi connectivity index (χ3n) is 3.37. The van der Waals surface area contributed by atoms with E-state index in [0.717, 1.165) is 12.8 Å². The summed E-state index contributed by atoms with van der Waals surface area (Å²) in [5, 5.41) is 13.1. The van der Waals surface area contributed by atoms with Crippen LogP contribution >= 0.6 is 7.60 Å². The number of imidazole rings is 1. The maximum Gasteiger partial charge on any atom is 1.00 e. The number of hydrogen-bond donors (Lipinski definition) is 3. The van der Waals surface area contributed by atoms with E-state index < -0.39 is 20.0 Å². The number of rotatable bonds is 8. The van der Waals surface area contributed by atoms with Crippen molar-refractivity contribution < 1.29 is 83.3 Å². The second-order valence-corrected chi connectivity index (χ2v) is 7.16. The number of nitrogens with one attached hydrogen (secondary N) is 1. The molecule has 26 heavy (non-hydrogen) atoms. The van der Waals surface area contributed by atoms with Gasteiger partial charge in [-0.2, -0.15) is 9.97 Å². The first kappa shape index (κ1) is 24.3. The molecule has 1 unspecified atom stereocenters. The van der Waals surface area contributed by atoms with Crippen molar-refractivity contribution in [2.45, 2.75) is 31.5 Å². The Morgan fingerprint density at radius 2 is 2.12 bits per heavy atom. The van der Waals surface area contributed by atoms with Gasteiger partial charge in [-0.15, -0.1) is 0 Å². The van der Waals surface area contributed by atoms with Crippen LogP contribution in [0.25, 0.3) is 11.2 Å². The van der Waals surface area contributed by atoms with Gasteiger partial charge in [0, 0.05) is 6.04 Å². The number of aromatic nitrogens is 4. The van der Waals surface area contributed by atoms with Crippen molar-refractivity contribution >= 4 is 30.5 Å². The third kappa shape index (κ3) is 6.99. The summed E-state index contributed by atoms with van der Waals surface area (Å²) in [6.45, 7) is -0.250. The molecule has 2 heterocycles. The van der Waals surface area contributed by atoms with E-state index in [1.54, 1.807) is 4.57 Å². The van der Waals surface area contributed by atoms with Crippen LogP contribution in [0.2, 0.25) is 0 Å². The number of anilines is 2. The van der Waals surface area contributed by atoms with Crippen molar-refractivity contribution in [3.63, 3.8) is 0 Å². The van der Waals surface area contributed by atoms with Gasteiger partial charge in [-0.3, -0.25) is 0 Å². The van der Waals surface area contributed by atoms with E-state index in [0.29, 0.717) is 23.0 Å². The molecule has 14 heteroatoms. The zero-order valence-electron chi connectivity index (χ0n) is 14.7. The monoisotopic (exact) mass is 402 g/mol. The normalized spacial score (nSPS) is 15.2. The molecule has 1 fully saturated rings. The van der Waals surface area contributed by atoms with E-state index in [1.807, 2.05) is 0 Å². The molecule has 1 saturated carbocycles. The van der Waals surface area contributed by atoms with Crippen LogP contribution in [-0.4, -0.2) is 49.7 Å². The molecule has 0 radical (unpaired) electrons. The number of aliphatic hydroxyl groups is 1. The summed E-state index contributed by atoms with van der Waals surface area (Å²) >= 11 is 0. The topological polar surface area (TPSA) is 174 Å². The zero-order chi connectivity index (χ0) is 17.3. The summed E-state index contributed by atoms with van der Waals surface area (Å²) in [5.74, 6) is 0.625. The van der Waals surface area contributed by atoms with Crippen LogP contribution in [0.1, 0.15) is 12.8 Å². The molecular weight excluding hydrogens is 385 g/mol. The van der Waals surface area contributed by atoms with E-state index >= 15 is 0 Å². The van der Waals surface area contributed by atoms with E-state index in [1.165, 1.54) is 6.33 Å². The molecule has 0 bridgehead atoms. The standard InChI is InChI=1S/C12H19N6O5P.2Na/c13-12-16-10(15-7-1-2-7)9-11(17-12)18(5-14-9)3-8(19)4-23-6-24(20,21)22;;/h5,7-8,19H,1-4,6H2,(H2,20,21,22)(H3,13,15,16,17);;/q;2*+1/p-2. The Labute approximate surface area is 193 Å². The van der Waals surface area contributed by atoms with Gasteiger partial charge in [0.15, 0.2) is 17.0 Å². The second kappa shape index (κ2) is 10.1. The number of nitrogen functional groups attached to an aromatic ring is 1. The van der Waals surface area contributed by atoms with Gasteiger partial charge < -0.3 is 39.8 Å². The summed E-state index contributed by atoms with van der Waals surface area (Å²) in [6, 6.07) is 0.363. The Balaban J connectivity index is 0.00000169. The van der Waals surface area contributed by atoms with Crippen LogP contribution in [-0.2, 0) is 15.8 Å². The van der Waals surface area contributed by atoms with Crippen molar-refractivity contribution in [3.8, 4) is 0 Å². The number of hydrogen-bond acceptors (Lipinski definition) is 10. The summed E-state index contributed by atoms with van der Waals surface area (Å²) in [4.78, 5) is 33.5. The summed E-state index contributed by atoms with van der Waals surface area (Å²) < 4.78 is 16.7. The Kier molecular flexibility index (Phi) is 9.45. The first-order valence-electron chi connectivity index (χ1n) is 7.33. The Bertz CT molecular complexity index is 783. The number of aliphatic hydroxyl groups excluding tert-OH is 1. The molecular formula is C12H17N6Na2O5P. The third-order valence-corrected chi connectivity index (χ3v) is 3.87. The van der Waals surface area contributed by atoms with Crippen molar-refractivity contribution in [1.29, 1.82) is 0 Å². The van der Waals surface area contributed by atoms with Crippen molar-refractivity contribution in [3.05, 3.63) is 6.33 Å². The predicted octanol–water partition coefficient (Wildman–Crippen LogP) is -7.76. The van der Waals surface area contributed by atoms with Gasteiger partial charge >= 0.3 is 59.1 Å². The van der Waals surface area contributed by atoms with E-state index in [4.69, 9.17) is 5.73 Å². The quantitative estimate of drug-likeness (QED) is 0.284. The van der Waals surface area contributed by atoms with E-state index in [2.05, 4.69) is 25.0 Å². The van der Waals surface area contributed by atoms with Gasteiger partial charge in [0.25, 0.3) is 0 Å². The van der Waals surface area contributed by atoms with Crippen LogP contribution in [0.15, 0.2) is 6.33 Å². The van der Waals surface area contributed by atoms with Gasteiger partial charge in [0.05, 0.1) is 31.9 Å². The first-order valence-corrected chi connectivity index (χ1v) is 9.06. The van der Waals surface area contributed by atoms with Gasteiger partial charge in [-0.25, -0.2) is 4.98 Å². The molecule has 0 saturated heterocycles. The fourth-order valence-electron chi connectivity index (χ4n) is 2.20. The predicted molar refractivity (Wildman–Crippen MR) is 80.8 cm³/mol. The minimum absolute atomic E-state index is 0. The van der Waals surface area contributed by atoms with Crippen molar-refractivity contribution in [2.24, 2.45) is 0 Å². The average molecular weight is 402 g/mol. The fraction of sp³-hybridized carbons (Fsp3) is 0.583. The maximum absolute atomic E-state index is 10.5. The van der Waals surface area contributed by atoms with Crippen LogP contribution in [0.5, 0.6) is 0 Å². The average Bonchev–Trinajstić information content (AvgIpc) is 3.19. The van der Waals surface area contributed by atoms with Crippen molar-refractivity contribution in [1.82, 2.24) is 19.5 Å². The minimum Gasteiger partial charge on any atom is -0.809 e. The number of nitrogens with two attached hydrogens (primary N) is 1. The molecule has 11 nitrogen and oxygen atoms in total. The van der Waals surface area contributed by atoms with E-state index in [9.17, 15) is 19.5 Å². The first-order chi connectivity index (χ1) is 11.3. The molecule has 2 aromatic heterocycles. The number of nitrogens with zero attached hydrogens (tertiary/aromatic N) is 4. The summed E-state index contributed by atoms with van der Waals surface area (Å²) in [6.07, 6.45) is 1.60. The fourth-order valence-corrected chi connectivity index (χ4v) is 2.53. The SMILES string of the molecule is Nc1nc(NC2CC2)c2ncn(CC(O)COCP(=O)([O-])[O-])c2n1.[Na+].[Na+]. The van der Waals surface area contributed by atoms with Crippen LogP contribution in [0.3, 0.4) is 0 Å². The molecule has 0 aliphatic heterocycles. The molecule has 0 amide bonds. The largest absolute Gasteiger partial charge is 1.00 e. The second-order valence-electron chi connectivity index (χ2n) is 5.68. The van der Waals surface area contributed by atoms with Crippen LogP contribution in [0.4, 0.5) is 11.8 Å². The number of ether oxygens (including phenoxy) is 1. The van der Waals surface area contributed by atoms with Gasteiger partial charge in [0.1, 0.15) is 0 Å². The summed E-state index contributed by atoms with van der Waals surface area (Å²) in [5.41, 5.74) is 6.70. The Morgan fingerprint density at radius 3 is 2.73 bits per heavy atom. The molecule has 0 spiro atoms. The van der Waals surface area contributed by atoms with Gasteiger partial charge in [-0.1, -0.05) is 0 Å². The Morgan fingerprint density at radius 1 is 1.42 bits per heavy atom. The van der Waals surface area contributed by atoms with Gasteiger partial charge in [-0.05, 0) is 20.4 Å². The van der Waals surface area contributed by atoms with Gasteiger partial charge in [0.2, 0.25) is 5.95 Å². The number of fused-ring (bicyclic) bond motifs is 1. The molecule has 0 aromatic carbocycles. The summed E-state index contributed by atoms with van der Waals surface area (Å²) in [7, 11) is -4.75. The zero-order valence-corrected chi connectivity index (χ0v) is 19.6. The maximum atomic E-state index is 10.5. The van der Waals surface area contributed by atoms with E-state index in [-0.39, 0.29) is 78.2 Å². The molecule has 132 valence electrons. The van der Waals surface area contributed by atoms with Crippen LogP contribution < -0.4 is 80.0 Å². The smallest absolute Gasteiger partial charge is 0.809 e. The molecule has 3 rings (SSSR count). The van der Waals surface area contributed by atoms with Crippen LogP contribution in [0, 0.1) is 0 Å². The molecule has 1 aliphatic carbocycles. The molecule has 1 atom stereocenters. The molecule has 2 aromatic rings. The minimum atomic E-state index is -4.75.